The molecule has 0 aliphatic rings. The van der Waals surface area contributed by atoms with Crippen molar-refractivity contribution in [1.82, 2.24) is 0 Å². The van der Waals surface area contributed by atoms with Gasteiger partial charge >= 0.3 is 0 Å². The summed E-state index contributed by atoms with van der Waals surface area (Å²) >= 11 is 5.08. The summed E-state index contributed by atoms with van der Waals surface area (Å²) < 4.78 is 14.7. The van der Waals surface area contributed by atoms with E-state index < -0.39 is 7.52 Å². The topological polar surface area (TPSA) is 52.3 Å². The van der Waals surface area contributed by atoms with E-state index in [1.165, 1.54) is 7.11 Å². The monoisotopic (exact) mass is 143 g/mol. The minimum Gasteiger partial charge on any atom is -0.320 e. The molecule has 0 saturated heterocycles. The molecule has 0 aliphatic carbocycles. The van der Waals surface area contributed by atoms with E-state index >= 15 is 0 Å². The number of hydrogen-bond acceptors (Lipinski definition) is 2. The van der Waals surface area contributed by atoms with E-state index in [0.717, 1.165) is 0 Å². The smallest absolute Gasteiger partial charge is 0.281 e. The van der Waals surface area contributed by atoms with Crippen molar-refractivity contribution in [3.63, 3.8) is 0 Å². The fourth-order valence-corrected chi connectivity index (χ4v) is 0.439. The molecule has 44 valence electrons. The third-order valence-corrected chi connectivity index (χ3v) is 2.43. The summed E-state index contributed by atoms with van der Waals surface area (Å²) in [6, 6.07) is 0. The molecule has 0 radical (unpaired) electrons. The molecule has 0 saturated carbocycles. The summed E-state index contributed by atoms with van der Waals surface area (Å²) in [6.45, 7) is 0. The third kappa shape index (κ3) is 3.06. The molecular weight excluding hydrogens is 136 g/mol. The molecular formula is C2H7ClNO2P. The Morgan fingerprint density at radius 3 is 2.43 bits per heavy atom. The average molecular weight is 144 g/mol. The molecule has 0 aromatic carbocycles. The maximum atomic E-state index is 10.4. The maximum absolute atomic E-state index is 10.4. The molecule has 1 unspecified atom stereocenters. The van der Waals surface area contributed by atoms with Crippen LogP contribution in [-0.2, 0) is 9.09 Å². The van der Waals surface area contributed by atoms with E-state index in [1.54, 1.807) is 0 Å². The molecule has 2 N–H and O–H groups in total. The highest BCUT2D eigenvalue weighted by atomic mass is 35.5. The van der Waals surface area contributed by atoms with Crippen LogP contribution >= 0.6 is 19.1 Å². The zero-order valence-corrected chi connectivity index (χ0v) is 5.58. The first-order valence-corrected chi connectivity index (χ1v) is 4.03. The van der Waals surface area contributed by atoms with Gasteiger partial charge in [0.05, 0.1) is 0 Å². The molecule has 1 atom stereocenters. The molecule has 0 rings (SSSR count). The highest BCUT2D eigenvalue weighted by Gasteiger charge is 2.09. The first kappa shape index (κ1) is 7.44. The second-order valence-corrected chi connectivity index (χ2v) is 3.80. The summed E-state index contributed by atoms with van der Waals surface area (Å²) in [7, 11) is -1.62. The molecule has 0 fully saturated rings. The van der Waals surface area contributed by atoms with E-state index in [0.29, 0.717) is 0 Å². The Balaban J connectivity index is 3.61. The molecule has 0 spiro atoms. The molecule has 5 heteroatoms. The van der Waals surface area contributed by atoms with Gasteiger partial charge in [-0.2, -0.15) is 0 Å². The number of rotatable bonds is 2. The van der Waals surface area contributed by atoms with Crippen LogP contribution < -0.4 is 5.50 Å². The van der Waals surface area contributed by atoms with Gasteiger partial charge in [-0.05, 0) is 0 Å². The largest absolute Gasteiger partial charge is 0.320 e. The highest BCUT2D eigenvalue weighted by molar-refractivity contribution is 7.58. The molecule has 0 aliphatic heterocycles. The average Bonchev–Trinajstić information content (AvgIpc) is 1.68. The quantitative estimate of drug-likeness (QED) is 0.463. The molecule has 3 nitrogen and oxygen atoms in total. The predicted molar refractivity (Wildman–Crippen MR) is 29.5 cm³/mol. The van der Waals surface area contributed by atoms with Crippen molar-refractivity contribution in [2.75, 3.05) is 12.7 Å². The summed E-state index contributed by atoms with van der Waals surface area (Å²) in [5.74, 6) is 0. The zero-order valence-electron chi connectivity index (χ0n) is 3.93. The van der Waals surface area contributed by atoms with Crippen molar-refractivity contribution in [1.29, 1.82) is 0 Å². The lowest BCUT2D eigenvalue weighted by molar-refractivity contribution is 0.398. The van der Waals surface area contributed by atoms with Crippen molar-refractivity contribution >= 4 is 19.1 Å². The predicted octanol–water partition coefficient (Wildman–Crippen LogP) is 0.981. The van der Waals surface area contributed by atoms with Gasteiger partial charge in [0.15, 0.2) is 0 Å². The Labute approximate surface area is 47.3 Å². The van der Waals surface area contributed by atoms with Crippen LogP contribution in [0.2, 0.25) is 0 Å². The Kier molecular flexibility index (Phi) is 2.84. The van der Waals surface area contributed by atoms with Gasteiger partial charge in [-0.15, -0.1) is 11.6 Å². The lowest BCUT2D eigenvalue weighted by Gasteiger charge is -2.02. The molecule has 0 aromatic rings. The lowest BCUT2D eigenvalue weighted by Crippen LogP contribution is -1.96. The minimum atomic E-state index is -2.89. The molecule has 0 aromatic heterocycles. The SMILES string of the molecule is COP(N)(=O)CCl. The van der Waals surface area contributed by atoms with Gasteiger partial charge in [-0.1, -0.05) is 0 Å². The Morgan fingerprint density at radius 1 is 2.00 bits per heavy atom. The lowest BCUT2D eigenvalue weighted by atomic mass is 11.8. The van der Waals surface area contributed by atoms with E-state index in [9.17, 15) is 4.57 Å². The Hall–Kier alpha value is 0.440. The van der Waals surface area contributed by atoms with Crippen LogP contribution in [0.5, 0.6) is 0 Å². The number of alkyl halides is 1. The Bertz CT molecular complexity index is 87.7. The van der Waals surface area contributed by atoms with Crippen LogP contribution in [0.25, 0.3) is 0 Å². The first-order valence-electron chi connectivity index (χ1n) is 1.62. The van der Waals surface area contributed by atoms with Crippen molar-refractivity contribution in [3.8, 4) is 0 Å². The van der Waals surface area contributed by atoms with Gasteiger partial charge in [0.1, 0.15) is 5.62 Å². The van der Waals surface area contributed by atoms with Gasteiger partial charge in [-0.3, -0.25) is 10.1 Å². The number of hydrogen-bond donors (Lipinski definition) is 1. The van der Waals surface area contributed by atoms with Crippen molar-refractivity contribution in [2.24, 2.45) is 5.50 Å². The first-order chi connectivity index (χ1) is 3.12. The maximum Gasteiger partial charge on any atom is 0.281 e. The van der Waals surface area contributed by atoms with Crippen molar-refractivity contribution in [3.05, 3.63) is 0 Å². The minimum absolute atomic E-state index is 0.122. The van der Waals surface area contributed by atoms with E-state index in [-0.39, 0.29) is 5.62 Å². The van der Waals surface area contributed by atoms with Gasteiger partial charge in [0.2, 0.25) is 0 Å². The van der Waals surface area contributed by atoms with Gasteiger partial charge in [-0.25, -0.2) is 0 Å². The van der Waals surface area contributed by atoms with Crippen LogP contribution in [0.15, 0.2) is 0 Å². The standard InChI is InChI=1S/C2H7ClNO2P/c1-6-7(4,5)2-3/h2H2,1H3,(H2,4,5). The van der Waals surface area contributed by atoms with E-state index in [1.807, 2.05) is 0 Å². The van der Waals surface area contributed by atoms with Crippen LogP contribution in [0.4, 0.5) is 0 Å². The fourth-order valence-electron chi connectivity index (χ4n) is 0.0488. The third-order valence-electron chi connectivity index (χ3n) is 0.476. The zero-order chi connectivity index (χ0) is 5.91. The summed E-state index contributed by atoms with van der Waals surface area (Å²) in [5, 5.41) is 0. The van der Waals surface area contributed by atoms with Gasteiger partial charge in [0.25, 0.3) is 7.52 Å². The van der Waals surface area contributed by atoms with E-state index in [4.69, 9.17) is 17.1 Å². The number of nitrogens with two attached hydrogens (primary N) is 1. The van der Waals surface area contributed by atoms with Crippen molar-refractivity contribution < 1.29 is 9.09 Å². The second-order valence-electron chi connectivity index (χ2n) is 1.03. The van der Waals surface area contributed by atoms with Crippen molar-refractivity contribution in [2.45, 2.75) is 0 Å². The number of halogens is 1. The molecule has 0 amide bonds. The fraction of sp³-hybridized carbons (Fsp3) is 1.00. The second kappa shape index (κ2) is 2.68. The summed E-state index contributed by atoms with van der Waals surface area (Å²) in [4.78, 5) is 0. The molecule has 0 bridgehead atoms. The summed E-state index contributed by atoms with van der Waals surface area (Å²) in [6.07, 6.45) is 0. The highest BCUT2D eigenvalue weighted by Crippen LogP contribution is 2.36. The van der Waals surface area contributed by atoms with Gasteiger partial charge < -0.3 is 4.52 Å². The molecule has 7 heavy (non-hydrogen) atoms. The van der Waals surface area contributed by atoms with Crippen LogP contribution in [-0.4, -0.2) is 12.7 Å². The van der Waals surface area contributed by atoms with E-state index in [2.05, 4.69) is 4.52 Å². The Morgan fingerprint density at radius 2 is 2.43 bits per heavy atom. The van der Waals surface area contributed by atoms with Crippen LogP contribution in [0, 0.1) is 0 Å². The van der Waals surface area contributed by atoms with Crippen LogP contribution in [0.3, 0.4) is 0 Å². The van der Waals surface area contributed by atoms with Crippen LogP contribution in [0.1, 0.15) is 0 Å². The van der Waals surface area contributed by atoms with Gasteiger partial charge in [0, 0.05) is 7.11 Å². The molecule has 0 heterocycles. The normalized spacial score (nSPS) is 18.7. The summed E-state index contributed by atoms with van der Waals surface area (Å²) in [5.41, 5.74) is 4.80.